The Bertz CT molecular complexity index is 1180. The van der Waals surface area contributed by atoms with Gasteiger partial charge in [-0.25, -0.2) is 4.21 Å². The van der Waals surface area contributed by atoms with E-state index in [4.69, 9.17) is 4.42 Å². The van der Waals surface area contributed by atoms with Crippen LogP contribution in [0.25, 0.3) is 21.7 Å². The van der Waals surface area contributed by atoms with Crippen molar-refractivity contribution < 1.29 is 13.4 Å². The fourth-order valence-electron chi connectivity index (χ4n) is 2.96. The molecule has 0 aliphatic heterocycles. The maximum absolute atomic E-state index is 12.7. The molecule has 0 fully saturated rings. The molecular formula is C21H18N2O3S. The third-order valence-electron chi connectivity index (χ3n) is 4.38. The van der Waals surface area contributed by atoms with Gasteiger partial charge in [0, 0.05) is 31.2 Å². The summed E-state index contributed by atoms with van der Waals surface area (Å²) in [7, 11) is 2.18. The molecule has 0 saturated heterocycles. The number of rotatable bonds is 4. The van der Waals surface area contributed by atoms with E-state index in [2.05, 4.69) is 4.72 Å². The van der Waals surface area contributed by atoms with Crippen molar-refractivity contribution in [3.63, 3.8) is 0 Å². The van der Waals surface area contributed by atoms with E-state index in [-0.39, 0.29) is 5.76 Å². The summed E-state index contributed by atoms with van der Waals surface area (Å²) in [6.07, 6.45) is 0. The number of amides is 1. The van der Waals surface area contributed by atoms with Crippen LogP contribution < -0.4 is 9.62 Å². The molecule has 4 aromatic rings. The highest BCUT2D eigenvalue weighted by Crippen LogP contribution is 2.25. The lowest BCUT2D eigenvalue weighted by molar-refractivity contribution is 0.0958. The zero-order valence-electron chi connectivity index (χ0n) is 14.9. The zero-order chi connectivity index (χ0) is 19.0. The number of fused-ring (bicyclic) bond motifs is 2. The van der Waals surface area contributed by atoms with Crippen molar-refractivity contribution >= 4 is 44.3 Å². The Kier molecular flexibility index (Phi) is 4.41. The summed E-state index contributed by atoms with van der Waals surface area (Å²) in [5.41, 5.74) is 1.59. The number of hydrogen-bond acceptors (Lipinski definition) is 4. The first-order valence-electron chi connectivity index (χ1n) is 8.44. The van der Waals surface area contributed by atoms with Gasteiger partial charge >= 0.3 is 0 Å². The number of anilines is 1. The van der Waals surface area contributed by atoms with E-state index in [1.54, 1.807) is 12.1 Å². The lowest BCUT2D eigenvalue weighted by Gasteiger charge is -2.11. The molecule has 0 aliphatic rings. The monoisotopic (exact) mass is 378 g/mol. The minimum Gasteiger partial charge on any atom is -0.451 e. The predicted molar refractivity (Wildman–Crippen MR) is 108 cm³/mol. The van der Waals surface area contributed by atoms with Crippen LogP contribution in [0.5, 0.6) is 0 Å². The third-order valence-corrected chi connectivity index (χ3v) is 5.50. The molecule has 1 heterocycles. The van der Waals surface area contributed by atoms with Gasteiger partial charge in [-0.1, -0.05) is 36.4 Å². The quantitative estimate of drug-likeness (QED) is 0.581. The summed E-state index contributed by atoms with van der Waals surface area (Å²) in [5.74, 6) is -0.377. The summed E-state index contributed by atoms with van der Waals surface area (Å²) in [5, 5.41) is 2.64. The lowest BCUT2D eigenvalue weighted by atomic mass is 10.1. The molecule has 4 rings (SSSR count). The highest BCUT2D eigenvalue weighted by atomic mass is 32.2. The van der Waals surface area contributed by atoms with Crippen LogP contribution in [0.3, 0.4) is 0 Å². The minimum absolute atomic E-state index is 0.134. The van der Waals surface area contributed by atoms with E-state index in [1.807, 2.05) is 73.6 Å². The summed E-state index contributed by atoms with van der Waals surface area (Å²) in [4.78, 5) is 15.1. The maximum atomic E-state index is 12.7. The Hall–Kier alpha value is -3.12. The highest BCUT2D eigenvalue weighted by molar-refractivity contribution is 7.84. The molecule has 3 aromatic carbocycles. The van der Waals surface area contributed by atoms with E-state index in [0.29, 0.717) is 10.5 Å². The van der Waals surface area contributed by atoms with Gasteiger partial charge in [-0.2, -0.15) is 0 Å². The predicted octanol–water partition coefficient (Wildman–Crippen LogP) is 4.10. The number of nitrogens with zero attached hydrogens (tertiary/aromatic N) is 1. The average molecular weight is 378 g/mol. The van der Waals surface area contributed by atoms with E-state index >= 15 is 0 Å². The van der Waals surface area contributed by atoms with Crippen LogP contribution in [0.4, 0.5) is 5.69 Å². The van der Waals surface area contributed by atoms with E-state index in [9.17, 15) is 9.00 Å². The van der Waals surface area contributed by atoms with Gasteiger partial charge in [0.25, 0.3) is 5.91 Å². The Morgan fingerprint density at radius 1 is 0.963 bits per heavy atom. The molecule has 27 heavy (non-hydrogen) atoms. The normalized spacial score (nSPS) is 12.2. The largest absolute Gasteiger partial charge is 0.451 e. The molecular weight excluding hydrogens is 360 g/mol. The number of carbonyl (C=O) groups is 1. The Balaban J connectivity index is 1.61. The summed E-state index contributed by atoms with van der Waals surface area (Å²) >= 11 is 0. The number of furan rings is 1. The standard InChI is InChI=1S/C21H18N2O3S/c1-23(2)16-11-10-15-12-19(26-18(15)13-16)21(24)22-27(25)20-9-5-7-14-6-3-4-8-17(14)20/h3-13H,1-2H3,(H,22,24). The van der Waals surface area contributed by atoms with Gasteiger partial charge in [0.05, 0.1) is 4.90 Å². The van der Waals surface area contributed by atoms with Crippen LogP contribution >= 0.6 is 0 Å². The molecule has 1 unspecified atom stereocenters. The van der Waals surface area contributed by atoms with Crippen molar-refractivity contribution in [3.05, 3.63) is 72.5 Å². The van der Waals surface area contributed by atoms with Crippen molar-refractivity contribution in [2.75, 3.05) is 19.0 Å². The second kappa shape index (κ2) is 6.89. The molecule has 0 bridgehead atoms. The SMILES string of the molecule is CN(C)c1ccc2cc(C(=O)NS(=O)c3cccc4ccccc34)oc2c1. The van der Waals surface area contributed by atoms with Crippen LogP contribution in [0.1, 0.15) is 10.6 Å². The first-order valence-corrected chi connectivity index (χ1v) is 9.59. The van der Waals surface area contributed by atoms with E-state index in [1.165, 1.54) is 0 Å². The van der Waals surface area contributed by atoms with Crippen LogP contribution in [0.2, 0.25) is 0 Å². The molecule has 6 heteroatoms. The molecule has 1 atom stereocenters. The second-order valence-corrected chi connectivity index (χ2v) is 7.59. The van der Waals surface area contributed by atoms with Crippen LogP contribution in [-0.4, -0.2) is 24.2 Å². The van der Waals surface area contributed by atoms with Gasteiger partial charge in [0.1, 0.15) is 5.58 Å². The van der Waals surface area contributed by atoms with E-state index < -0.39 is 16.9 Å². The smallest absolute Gasteiger partial charge is 0.298 e. The maximum Gasteiger partial charge on any atom is 0.298 e. The third kappa shape index (κ3) is 3.31. The van der Waals surface area contributed by atoms with E-state index in [0.717, 1.165) is 21.8 Å². The number of carbonyl (C=O) groups excluding carboxylic acids is 1. The van der Waals surface area contributed by atoms with Gasteiger partial charge in [-0.3, -0.25) is 9.52 Å². The number of nitrogens with one attached hydrogen (secondary N) is 1. The Labute approximate surface area is 159 Å². The highest BCUT2D eigenvalue weighted by Gasteiger charge is 2.17. The van der Waals surface area contributed by atoms with Crippen molar-refractivity contribution in [1.82, 2.24) is 4.72 Å². The van der Waals surface area contributed by atoms with Crippen LogP contribution in [0.15, 0.2) is 76.0 Å². The average Bonchev–Trinajstić information content (AvgIpc) is 3.11. The molecule has 1 aromatic heterocycles. The van der Waals surface area contributed by atoms with Gasteiger partial charge in [0.15, 0.2) is 16.7 Å². The molecule has 0 spiro atoms. The molecule has 136 valence electrons. The summed E-state index contributed by atoms with van der Waals surface area (Å²) < 4.78 is 20.9. The number of benzene rings is 3. The zero-order valence-corrected chi connectivity index (χ0v) is 15.7. The van der Waals surface area contributed by atoms with Crippen LogP contribution in [-0.2, 0) is 11.0 Å². The Morgan fingerprint density at radius 3 is 2.56 bits per heavy atom. The van der Waals surface area contributed by atoms with Crippen LogP contribution in [0, 0.1) is 0 Å². The first kappa shape index (κ1) is 17.3. The summed E-state index contributed by atoms with van der Waals surface area (Å²) in [6, 6.07) is 20.5. The van der Waals surface area contributed by atoms with Gasteiger partial charge in [-0.05, 0) is 35.0 Å². The molecule has 0 aliphatic carbocycles. The van der Waals surface area contributed by atoms with Crippen molar-refractivity contribution in [3.8, 4) is 0 Å². The van der Waals surface area contributed by atoms with Crippen molar-refractivity contribution in [1.29, 1.82) is 0 Å². The second-order valence-electron chi connectivity index (χ2n) is 6.40. The topological polar surface area (TPSA) is 62.6 Å². The van der Waals surface area contributed by atoms with Gasteiger partial charge in [-0.15, -0.1) is 0 Å². The molecule has 0 radical (unpaired) electrons. The fourth-order valence-corrected chi connectivity index (χ4v) is 3.92. The summed E-state index contributed by atoms with van der Waals surface area (Å²) in [6.45, 7) is 0. The van der Waals surface area contributed by atoms with Gasteiger partial charge < -0.3 is 9.32 Å². The molecule has 1 amide bonds. The lowest BCUT2D eigenvalue weighted by Crippen LogP contribution is -2.25. The molecule has 1 N–H and O–H groups in total. The fraction of sp³-hybridized carbons (Fsp3) is 0.0952. The first-order chi connectivity index (χ1) is 13.0. The Morgan fingerprint density at radius 2 is 1.74 bits per heavy atom. The molecule has 0 saturated carbocycles. The number of hydrogen-bond donors (Lipinski definition) is 1. The van der Waals surface area contributed by atoms with Crippen molar-refractivity contribution in [2.24, 2.45) is 0 Å². The van der Waals surface area contributed by atoms with Gasteiger partial charge in [0.2, 0.25) is 0 Å². The molecule has 5 nitrogen and oxygen atoms in total. The van der Waals surface area contributed by atoms with Crippen molar-refractivity contribution in [2.45, 2.75) is 4.90 Å². The minimum atomic E-state index is -1.69.